The number of ether oxygens (including phenoxy) is 1. The van der Waals surface area contributed by atoms with E-state index in [2.05, 4.69) is 10.0 Å². The summed E-state index contributed by atoms with van der Waals surface area (Å²) in [5.41, 5.74) is 2.58. The molecule has 0 radical (unpaired) electrons. The molecule has 0 spiro atoms. The third kappa shape index (κ3) is 6.03. The van der Waals surface area contributed by atoms with E-state index in [0.717, 1.165) is 11.3 Å². The molecule has 3 aromatic rings. The molecule has 0 aliphatic heterocycles. The number of methoxy groups -OCH3 is 1. The van der Waals surface area contributed by atoms with Gasteiger partial charge in [-0.1, -0.05) is 36.4 Å². The first-order valence-electron chi connectivity index (χ1n) is 9.89. The van der Waals surface area contributed by atoms with Gasteiger partial charge in [0.2, 0.25) is 10.0 Å². The number of benzene rings is 3. The van der Waals surface area contributed by atoms with Crippen molar-refractivity contribution in [2.45, 2.75) is 24.9 Å². The average Bonchev–Trinajstić information content (AvgIpc) is 2.82. The van der Waals surface area contributed by atoms with Gasteiger partial charge in [0.15, 0.2) is 5.78 Å². The minimum atomic E-state index is -3.72. The number of nitrogens with one attached hydrogen (secondary N) is 2. The molecule has 7 nitrogen and oxygen atoms in total. The molecule has 166 valence electrons. The van der Waals surface area contributed by atoms with Crippen LogP contribution >= 0.6 is 0 Å². The lowest BCUT2D eigenvalue weighted by atomic mass is 10.1. The Balaban J connectivity index is 1.55. The minimum absolute atomic E-state index is 0.0739. The predicted molar refractivity (Wildman–Crippen MR) is 121 cm³/mol. The number of sulfonamides is 1. The molecule has 2 N–H and O–H groups in total. The molecular formula is C24H24N2O5S. The van der Waals surface area contributed by atoms with Crippen LogP contribution in [0.15, 0.2) is 77.7 Å². The summed E-state index contributed by atoms with van der Waals surface area (Å²) in [4.78, 5) is 23.8. The minimum Gasteiger partial charge on any atom is -0.497 e. The Morgan fingerprint density at radius 2 is 1.31 bits per heavy atom. The van der Waals surface area contributed by atoms with Crippen LogP contribution in [-0.4, -0.2) is 27.2 Å². The first kappa shape index (κ1) is 23.2. The summed E-state index contributed by atoms with van der Waals surface area (Å²) in [7, 11) is -2.13. The zero-order chi connectivity index (χ0) is 23.1. The summed E-state index contributed by atoms with van der Waals surface area (Å²) in [6.07, 6.45) is 0. The molecule has 0 aliphatic rings. The molecule has 1 amide bonds. The number of ketones is 1. The molecule has 0 heterocycles. The van der Waals surface area contributed by atoms with Crippen LogP contribution in [0.4, 0.5) is 0 Å². The van der Waals surface area contributed by atoms with E-state index in [9.17, 15) is 18.0 Å². The van der Waals surface area contributed by atoms with Gasteiger partial charge in [-0.3, -0.25) is 9.59 Å². The molecule has 0 bridgehead atoms. The van der Waals surface area contributed by atoms with E-state index in [4.69, 9.17) is 4.74 Å². The van der Waals surface area contributed by atoms with Crippen molar-refractivity contribution in [3.8, 4) is 5.75 Å². The monoisotopic (exact) mass is 452 g/mol. The molecular weight excluding hydrogens is 428 g/mol. The van der Waals surface area contributed by atoms with Crippen LogP contribution in [0, 0.1) is 0 Å². The van der Waals surface area contributed by atoms with Gasteiger partial charge in [-0.15, -0.1) is 0 Å². The highest BCUT2D eigenvalue weighted by atomic mass is 32.2. The van der Waals surface area contributed by atoms with Crippen LogP contribution in [0.1, 0.15) is 38.8 Å². The van der Waals surface area contributed by atoms with E-state index in [0.29, 0.717) is 23.2 Å². The van der Waals surface area contributed by atoms with Gasteiger partial charge in [0.05, 0.1) is 12.0 Å². The fourth-order valence-electron chi connectivity index (χ4n) is 2.93. The highest BCUT2D eigenvalue weighted by Gasteiger charge is 2.14. The van der Waals surface area contributed by atoms with Gasteiger partial charge in [0, 0.05) is 24.2 Å². The second-order valence-corrected chi connectivity index (χ2v) is 8.90. The Morgan fingerprint density at radius 3 is 1.88 bits per heavy atom. The molecule has 3 aromatic carbocycles. The number of Topliss-reactive ketones (excluding diaryl/α,β-unsaturated/α-hetero) is 1. The lowest BCUT2D eigenvalue weighted by molar-refractivity contribution is 0.0950. The van der Waals surface area contributed by atoms with Crippen molar-refractivity contribution in [3.05, 3.63) is 95.1 Å². The lowest BCUT2D eigenvalue weighted by Gasteiger charge is -2.09. The van der Waals surface area contributed by atoms with Crippen molar-refractivity contribution in [3.63, 3.8) is 0 Å². The van der Waals surface area contributed by atoms with Crippen LogP contribution in [0.3, 0.4) is 0 Å². The maximum absolute atomic E-state index is 12.5. The van der Waals surface area contributed by atoms with Crippen molar-refractivity contribution in [2.75, 3.05) is 7.11 Å². The Hall–Kier alpha value is -3.49. The molecule has 0 atom stereocenters. The maximum Gasteiger partial charge on any atom is 0.251 e. The topological polar surface area (TPSA) is 102 Å². The smallest absolute Gasteiger partial charge is 0.251 e. The Labute approximate surface area is 187 Å². The highest BCUT2D eigenvalue weighted by molar-refractivity contribution is 7.89. The van der Waals surface area contributed by atoms with Crippen molar-refractivity contribution >= 4 is 21.7 Å². The van der Waals surface area contributed by atoms with E-state index in [-0.39, 0.29) is 23.1 Å². The van der Waals surface area contributed by atoms with E-state index in [1.807, 2.05) is 24.3 Å². The summed E-state index contributed by atoms with van der Waals surface area (Å²) >= 11 is 0. The predicted octanol–water partition coefficient (Wildman–Crippen LogP) is 3.31. The van der Waals surface area contributed by atoms with Gasteiger partial charge in [-0.25, -0.2) is 13.1 Å². The SMILES string of the molecule is COc1ccc(CNC(=O)c2ccc(CNS(=O)(=O)c3ccc(C(C)=O)cc3)cc2)cc1. The number of amides is 1. The van der Waals surface area contributed by atoms with Gasteiger partial charge in [0.25, 0.3) is 5.91 Å². The molecule has 3 rings (SSSR count). The standard InChI is InChI=1S/C24H24N2O5S/c1-17(27)20-9-13-23(14-10-20)32(29,30)26-16-19-3-7-21(8-4-19)24(28)25-15-18-5-11-22(31-2)12-6-18/h3-14,26H,15-16H2,1-2H3,(H,25,28). The fraction of sp³-hybridized carbons (Fsp3) is 0.167. The average molecular weight is 453 g/mol. The molecule has 0 saturated heterocycles. The summed E-state index contributed by atoms with van der Waals surface area (Å²) in [5.74, 6) is 0.396. The number of carbonyl (C=O) groups is 2. The van der Waals surface area contributed by atoms with E-state index < -0.39 is 10.0 Å². The number of hydrogen-bond acceptors (Lipinski definition) is 5. The molecule has 32 heavy (non-hydrogen) atoms. The van der Waals surface area contributed by atoms with Gasteiger partial charge in [-0.2, -0.15) is 0 Å². The van der Waals surface area contributed by atoms with Crippen LogP contribution in [0.2, 0.25) is 0 Å². The zero-order valence-electron chi connectivity index (χ0n) is 17.8. The molecule has 0 fully saturated rings. The summed E-state index contributed by atoms with van der Waals surface area (Å²) < 4.78 is 32.5. The van der Waals surface area contributed by atoms with Crippen molar-refractivity contribution in [1.29, 1.82) is 0 Å². The Morgan fingerprint density at radius 1 is 0.781 bits per heavy atom. The first-order valence-corrected chi connectivity index (χ1v) is 11.4. The second-order valence-electron chi connectivity index (χ2n) is 7.13. The normalized spacial score (nSPS) is 11.1. The molecule has 0 unspecified atom stereocenters. The molecule has 0 aromatic heterocycles. The summed E-state index contributed by atoms with van der Waals surface area (Å²) in [6.45, 7) is 1.88. The molecule has 0 aliphatic carbocycles. The van der Waals surface area contributed by atoms with E-state index in [1.165, 1.54) is 31.2 Å². The second kappa shape index (κ2) is 10.2. The van der Waals surface area contributed by atoms with Crippen molar-refractivity contribution < 1.29 is 22.7 Å². The largest absolute Gasteiger partial charge is 0.497 e. The highest BCUT2D eigenvalue weighted by Crippen LogP contribution is 2.13. The molecule has 0 saturated carbocycles. The maximum atomic E-state index is 12.5. The summed E-state index contributed by atoms with van der Waals surface area (Å²) in [6, 6.07) is 19.9. The van der Waals surface area contributed by atoms with Crippen molar-refractivity contribution in [1.82, 2.24) is 10.0 Å². The molecule has 8 heteroatoms. The lowest BCUT2D eigenvalue weighted by Crippen LogP contribution is -2.24. The fourth-order valence-corrected chi connectivity index (χ4v) is 3.95. The number of carbonyl (C=O) groups excluding carboxylic acids is 2. The number of hydrogen-bond donors (Lipinski definition) is 2. The third-order valence-corrected chi connectivity index (χ3v) is 6.28. The third-order valence-electron chi connectivity index (χ3n) is 4.87. The van der Waals surface area contributed by atoms with Crippen LogP contribution in [-0.2, 0) is 23.1 Å². The van der Waals surface area contributed by atoms with Gasteiger partial charge >= 0.3 is 0 Å². The van der Waals surface area contributed by atoms with Gasteiger partial charge < -0.3 is 10.1 Å². The zero-order valence-corrected chi connectivity index (χ0v) is 18.6. The first-order chi connectivity index (χ1) is 15.3. The van der Waals surface area contributed by atoms with Crippen LogP contribution in [0.25, 0.3) is 0 Å². The van der Waals surface area contributed by atoms with Crippen molar-refractivity contribution in [2.24, 2.45) is 0 Å². The van der Waals surface area contributed by atoms with Gasteiger partial charge in [-0.05, 0) is 54.4 Å². The summed E-state index contributed by atoms with van der Waals surface area (Å²) in [5, 5.41) is 2.85. The van der Waals surface area contributed by atoms with Crippen LogP contribution < -0.4 is 14.8 Å². The van der Waals surface area contributed by atoms with E-state index in [1.54, 1.807) is 31.4 Å². The Kier molecular flexibility index (Phi) is 7.40. The Bertz CT molecular complexity index is 1190. The van der Waals surface area contributed by atoms with Gasteiger partial charge in [0.1, 0.15) is 5.75 Å². The number of rotatable bonds is 9. The van der Waals surface area contributed by atoms with Crippen LogP contribution in [0.5, 0.6) is 5.75 Å². The quantitative estimate of drug-likeness (QED) is 0.485. The van der Waals surface area contributed by atoms with E-state index >= 15 is 0 Å².